The Morgan fingerprint density at radius 3 is 2.78 bits per heavy atom. The normalized spacial score (nSPS) is 28.0. The number of aryl methyl sites for hydroxylation is 1. The number of fused-ring (bicyclic) bond motifs is 1. The number of hydrogen-bond donors (Lipinski definition) is 0. The van der Waals surface area contributed by atoms with Crippen molar-refractivity contribution in [1.29, 1.82) is 0 Å². The first-order valence-corrected chi connectivity index (χ1v) is 7.39. The third kappa shape index (κ3) is 2.33. The Bertz CT molecular complexity index is 413. The molecule has 0 spiro atoms. The average Bonchev–Trinajstić information content (AvgIpc) is 2.37. The first-order chi connectivity index (χ1) is 8.74. The molecule has 1 aromatic rings. The highest BCUT2D eigenvalue weighted by Crippen LogP contribution is 2.37. The predicted octanol–water partition coefficient (Wildman–Crippen LogP) is 3.60. The summed E-state index contributed by atoms with van der Waals surface area (Å²) in [6.07, 6.45) is 8.12. The highest BCUT2D eigenvalue weighted by atomic mass is 35.5. The summed E-state index contributed by atoms with van der Waals surface area (Å²) < 4.78 is 0. The lowest BCUT2D eigenvalue weighted by atomic mass is 9.78. The Hall–Kier alpha value is -0.830. The summed E-state index contributed by atoms with van der Waals surface area (Å²) >= 11 is 6.07. The lowest BCUT2D eigenvalue weighted by Crippen LogP contribution is -2.47. The van der Waals surface area contributed by atoms with E-state index >= 15 is 0 Å². The molecule has 0 bridgehead atoms. The molecular weight excluding hydrogens is 246 g/mol. The van der Waals surface area contributed by atoms with Crippen LogP contribution < -0.4 is 4.90 Å². The summed E-state index contributed by atoms with van der Waals surface area (Å²) in [6.45, 7) is 3.03. The van der Waals surface area contributed by atoms with E-state index in [-0.39, 0.29) is 0 Å². The molecule has 0 aromatic carbocycles. The van der Waals surface area contributed by atoms with Crippen LogP contribution in [-0.4, -0.2) is 22.6 Å². The molecule has 3 rings (SSSR count). The van der Waals surface area contributed by atoms with Gasteiger partial charge in [-0.15, -0.1) is 0 Å². The van der Waals surface area contributed by atoms with Gasteiger partial charge in [0.05, 0.1) is 0 Å². The van der Waals surface area contributed by atoms with E-state index in [0.717, 1.165) is 24.1 Å². The van der Waals surface area contributed by atoms with Crippen LogP contribution >= 0.6 is 11.6 Å². The van der Waals surface area contributed by atoms with E-state index in [1.807, 2.05) is 13.0 Å². The van der Waals surface area contributed by atoms with E-state index < -0.39 is 0 Å². The second kappa shape index (κ2) is 5.04. The van der Waals surface area contributed by atoms with Crippen LogP contribution in [0, 0.1) is 12.8 Å². The van der Waals surface area contributed by atoms with Gasteiger partial charge in [-0.1, -0.05) is 24.4 Å². The Morgan fingerprint density at radius 1 is 1.17 bits per heavy atom. The molecule has 98 valence electrons. The quantitative estimate of drug-likeness (QED) is 0.727. The third-order valence-corrected chi connectivity index (χ3v) is 4.52. The van der Waals surface area contributed by atoms with Crippen molar-refractivity contribution in [3.8, 4) is 0 Å². The molecule has 0 unspecified atom stereocenters. The van der Waals surface area contributed by atoms with Crippen molar-refractivity contribution >= 4 is 17.4 Å². The van der Waals surface area contributed by atoms with Crippen molar-refractivity contribution in [3.63, 3.8) is 0 Å². The fourth-order valence-corrected chi connectivity index (χ4v) is 3.79. The summed E-state index contributed by atoms with van der Waals surface area (Å²) in [5.41, 5.74) is 0. The van der Waals surface area contributed by atoms with E-state index in [1.165, 1.54) is 38.5 Å². The molecule has 2 atom stereocenters. The maximum Gasteiger partial charge on any atom is 0.134 e. The summed E-state index contributed by atoms with van der Waals surface area (Å²) in [5.74, 6) is 2.67. The van der Waals surface area contributed by atoms with Crippen LogP contribution in [0.1, 0.15) is 44.3 Å². The van der Waals surface area contributed by atoms with Gasteiger partial charge >= 0.3 is 0 Å². The van der Waals surface area contributed by atoms with Gasteiger partial charge < -0.3 is 4.90 Å². The van der Waals surface area contributed by atoms with Crippen molar-refractivity contribution in [2.45, 2.75) is 51.5 Å². The van der Waals surface area contributed by atoms with Gasteiger partial charge in [0.15, 0.2) is 0 Å². The minimum absolute atomic E-state index is 0.565. The molecule has 3 nitrogen and oxygen atoms in total. The van der Waals surface area contributed by atoms with Gasteiger partial charge in [0.1, 0.15) is 16.8 Å². The van der Waals surface area contributed by atoms with Gasteiger partial charge in [0.2, 0.25) is 0 Å². The number of halogens is 1. The molecule has 1 saturated carbocycles. The topological polar surface area (TPSA) is 29.0 Å². The van der Waals surface area contributed by atoms with Crippen LogP contribution in [0.15, 0.2) is 6.07 Å². The van der Waals surface area contributed by atoms with Crippen LogP contribution in [0.2, 0.25) is 5.15 Å². The summed E-state index contributed by atoms with van der Waals surface area (Å²) in [6, 6.07) is 2.60. The number of hydrogen-bond acceptors (Lipinski definition) is 3. The Kier molecular flexibility index (Phi) is 3.42. The van der Waals surface area contributed by atoms with E-state index in [2.05, 4.69) is 14.9 Å². The molecule has 2 heterocycles. The Labute approximate surface area is 114 Å². The number of rotatable bonds is 1. The summed E-state index contributed by atoms with van der Waals surface area (Å²) in [4.78, 5) is 11.2. The summed E-state index contributed by atoms with van der Waals surface area (Å²) in [7, 11) is 0. The van der Waals surface area contributed by atoms with Crippen LogP contribution in [-0.2, 0) is 0 Å². The first kappa shape index (κ1) is 12.2. The smallest absolute Gasteiger partial charge is 0.134 e. The third-order valence-electron chi connectivity index (χ3n) is 4.33. The zero-order chi connectivity index (χ0) is 12.5. The van der Waals surface area contributed by atoms with Gasteiger partial charge in [-0.05, 0) is 38.5 Å². The van der Waals surface area contributed by atoms with Crippen molar-refractivity contribution in [3.05, 3.63) is 17.0 Å². The Morgan fingerprint density at radius 2 is 1.94 bits per heavy atom. The van der Waals surface area contributed by atoms with Crippen molar-refractivity contribution < 1.29 is 0 Å². The lowest BCUT2D eigenvalue weighted by Gasteiger charge is -2.44. The molecule has 1 aliphatic heterocycles. The molecule has 2 aliphatic rings. The molecular formula is C14H20ClN3. The van der Waals surface area contributed by atoms with E-state index in [0.29, 0.717) is 11.2 Å². The van der Waals surface area contributed by atoms with Gasteiger partial charge in [0, 0.05) is 18.7 Å². The number of piperidine rings is 1. The fraction of sp³-hybridized carbons (Fsp3) is 0.714. The minimum atomic E-state index is 0.565. The minimum Gasteiger partial charge on any atom is -0.353 e. The van der Waals surface area contributed by atoms with Gasteiger partial charge in [-0.2, -0.15) is 0 Å². The van der Waals surface area contributed by atoms with Crippen molar-refractivity contribution in [2.75, 3.05) is 11.4 Å². The monoisotopic (exact) mass is 265 g/mol. The summed E-state index contributed by atoms with van der Waals surface area (Å²) in [5, 5.41) is 0.565. The van der Waals surface area contributed by atoms with E-state index in [1.54, 1.807) is 0 Å². The van der Waals surface area contributed by atoms with Crippen molar-refractivity contribution in [1.82, 2.24) is 9.97 Å². The van der Waals surface area contributed by atoms with Gasteiger partial charge in [0.25, 0.3) is 0 Å². The van der Waals surface area contributed by atoms with Crippen LogP contribution in [0.5, 0.6) is 0 Å². The van der Waals surface area contributed by atoms with E-state index in [4.69, 9.17) is 11.6 Å². The SMILES string of the molecule is Cc1nc(Cl)cc(N2CCC[C@H]3CCCC[C@H]32)n1. The van der Waals surface area contributed by atoms with Crippen LogP contribution in [0.3, 0.4) is 0 Å². The van der Waals surface area contributed by atoms with Crippen LogP contribution in [0.4, 0.5) is 5.82 Å². The molecule has 0 radical (unpaired) electrons. The van der Waals surface area contributed by atoms with Crippen LogP contribution in [0.25, 0.3) is 0 Å². The molecule has 1 aliphatic carbocycles. The molecule has 0 N–H and O–H groups in total. The lowest BCUT2D eigenvalue weighted by molar-refractivity contribution is 0.242. The first-order valence-electron chi connectivity index (χ1n) is 7.02. The number of aromatic nitrogens is 2. The maximum absolute atomic E-state index is 6.07. The Balaban J connectivity index is 1.89. The molecule has 2 fully saturated rings. The molecule has 1 saturated heterocycles. The van der Waals surface area contributed by atoms with E-state index in [9.17, 15) is 0 Å². The molecule has 18 heavy (non-hydrogen) atoms. The maximum atomic E-state index is 6.07. The second-order valence-electron chi connectivity index (χ2n) is 5.54. The number of anilines is 1. The average molecular weight is 266 g/mol. The second-order valence-corrected chi connectivity index (χ2v) is 5.93. The predicted molar refractivity (Wildman–Crippen MR) is 74.1 cm³/mol. The zero-order valence-electron chi connectivity index (χ0n) is 10.9. The van der Waals surface area contributed by atoms with Gasteiger partial charge in [-0.3, -0.25) is 0 Å². The fourth-order valence-electron chi connectivity index (χ4n) is 3.57. The van der Waals surface area contributed by atoms with Crippen molar-refractivity contribution in [2.24, 2.45) is 5.92 Å². The zero-order valence-corrected chi connectivity index (χ0v) is 11.7. The largest absolute Gasteiger partial charge is 0.353 e. The molecule has 0 amide bonds. The number of nitrogens with zero attached hydrogens (tertiary/aromatic N) is 3. The highest BCUT2D eigenvalue weighted by molar-refractivity contribution is 6.29. The highest BCUT2D eigenvalue weighted by Gasteiger charge is 2.33. The van der Waals surface area contributed by atoms with Gasteiger partial charge in [-0.25, -0.2) is 9.97 Å². The standard InChI is InChI=1S/C14H20ClN3/c1-10-16-13(15)9-14(17-10)18-8-4-6-11-5-2-3-7-12(11)18/h9,11-12H,2-8H2,1H3/t11-,12-/m1/s1. The molecule has 4 heteroatoms. The molecule has 1 aromatic heterocycles.